The molecule has 0 atom stereocenters. The van der Waals surface area contributed by atoms with Gasteiger partial charge in [-0.2, -0.15) is 0 Å². The van der Waals surface area contributed by atoms with E-state index in [0.29, 0.717) is 0 Å². The average Bonchev–Trinajstić information content (AvgIpc) is 2.61. The number of nitrogens with one attached hydrogen (secondary N) is 1. The summed E-state index contributed by atoms with van der Waals surface area (Å²) in [5, 5.41) is 13.3. The Labute approximate surface area is 140 Å². The van der Waals surface area contributed by atoms with Crippen LogP contribution in [0.25, 0.3) is 0 Å². The first-order valence-electron chi connectivity index (χ1n) is 7.48. The van der Waals surface area contributed by atoms with Crippen molar-refractivity contribution in [3.63, 3.8) is 0 Å². The molecule has 2 aromatic carbocycles. The van der Waals surface area contributed by atoms with Gasteiger partial charge in [-0.1, -0.05) is 36.4 Å². The summed E-state index contributed by atoms with van der Waals surface area (Å²) >= 11 is 0. The van der Waals surface area contributed by atoms with Crippen LogP contribution in [0.4, 0.5) is 0 Å². The maximum absolute atomic E-state index is 12.1. The summed E-state index contributed by atoms with van der Waals surface area (Å²) < 4.78 is 10.1. The Morgan fingerprint density at radius 1 is 0.917 bits per heavy atom. The van der Waals surface area contributed by atoms with E-state index in [0.717, 1.165) is 0 Å². The molecular weight excluding hydrogens is 310 g/mol. The molecule has 2 rings (SSSR count). The number of ether oxygens (including phenoxy) is 2. The third-order valence-electron chi connectivity index (χ3n) is 3.21. The first-order valence-corrected chi connectivity index (χ1v) is 7.48. The molecule has 0 aromatic heterocycles. The minimum Gasteiger partial charge on any atom is -0.394 e. The Hall–Kier alpha value is -2.70. The molecule has 0 saturated carbocycles. The van der Waals surface area contributed by atoms with Gasteiger partial charge in [0.05, 0.1) is 17.5 Å². The number of aliphatic hydroxyl groups is 1. The predicted molar refractivity (Wildman–Crippen MR) is 87.2 cm³/mol. The second-order valence-electron chi connectivity index (χ2n) is 5.08. The van der Waals surface area contributed by atoms with E-state index in [-0.39, 0.29) is 24.1 Å². The van der Waals surface area contributed by atoms with Crippen LogP contribution < -0.4 is 5.32 Å². The zero-order valence-electron chi connectivity index (χ0n) is 13.3. The number of carbonyl (C=O) groups excluding carboxylic acids is 2. The fourth-order valence-electron chi connectivity index (χ4n) is 1.96. The number of esters is 2. The van der Waals surface area contributed by atoms with E-state index in [9.17, 15) is 14.7 Å². The molecule has 0 radical (unpaired) electrons. The topological polar surface area (TPSA) is 84.9 Å². The van der Waals surface area contributed by atoms with Gasteiger partial charge in [0.2, 0.25) is 0 Å². The molecule has 0 unspecified atom stereocenters. The van der Waals surface area contributed by atoms with Crippen LogP contribution in [0, 0.1) is 0 Å². The molecular formula is C18H19NO5. The summed E-state index contributed by atoms with van der Waals surface area (Å²) in [6, 6.07) is 16.3. The van der Waals surface area contributed by atoms with E-state index in [1.807, 2.05) is 0 Å². The van der Waals surface area contributed by atoms with E-state index in [1.165, 1.54) is 0 Å². The lowest BCUT2D eigenvalue weighted by atomic mass is 10.2. The molecule has 2 N–H and O–H groups in total. The minimum atomic E-state index is -2.36. The second kappa shape index (κ2) is 8.24. The maximum atomic E-state index is 12.1. The minimum absolute atomic E-state index is 0.110. The molecule has 0 spiro atoms. The highest BCUT2D eigenvalue weighted by Crippen LogP contribution is 2.19. The SMILES string of the molecule is CNCCC(O)(OC(=O)c1ccccc1)OC(=O)c1ccccc1. The molecule has 126 valence electrons. The second-order valence-corrected chi connectivity index (χ2v) is 5.08. The molecule has 0 heterocycles. The summed E-state index contributed by atoms with van der Waals surface area (Å²) in [6.45, 7) is 0.278. The van der Waals surface area contributed by atoms with E-state index in [2.05, 4.69) is 5.32 Å². The van der Waals surface area contributed by atoms with Crippen molar-refractivity contribution in [3.8, 4) is 0 Å². The van der Waals surface area contributed by atoms with Gasteiger partial charge in [0, 0.05) is 6.54 Å². The molecule has 0 aliphatic heterocycles. The fraction of sp³-hybridized carbons (Fsp3) is 0.222. The smallest absolute Gasteiger partial charge is 0.374 e. The van der Waals surface area contributed by atoms with Crippen molar-refractivity contribution in [3.05, 3.63) is 71.8 Å². The monoisotopic (exact) mass is 329 g/mol. The van der Waals surface area contributed by atoms with Gasteiger partial charge in [0.25, 0.3) is 0 Å². The van der Waals surface area contributed by atoms with Crippen molar-refractivity contribution in [1.29, 1.82) is 0 Å². The molecule has 0 amide bonds. The Balaban J connectivity index is 2.13. The highest BCUT2D eigenvalue weighted by molar-refractivity contribution is 5.91. The fourth-order valence-corrected chi connectivity index (χ4v) is 1.96. The quantitative estimate of drug-likeness (QED) is 0.597. The highest BCUT2D eigenvalue weighted by Gasteiger charge is 2.36. The van der Waals surface area contributed by atoms with Crippen molar-refractivity contribution < 1.29 is 24.2 Å². The summed E-state index contributed by atoms with van der Waals surface area (Å²) in [4.78, 5) is 24.3. The van der Waals surface area contributed by atoms with Crippen LogP contribution in [0.15, 0.2) is 60.7 Å². The van der Waals surface area contributed by atoms with Gasteiger partial charge in [-0.3, -0.25) is 0 Å². The summed E-state index contributed by atoms with van der Waals surface area (Å²) in [6.07, 6.45) is -0.110. The maximum Gasteiger partial charge on any atom is 0.374 e. The molecule has 2 aromatic rings. The first kappa shape index (κ1) is 17.7. The Morgan fingerprint density at radius 2 is 1.33 bits per heavy atom. The van der Waals surface area contributed by atoms with Crippen molar-refractivity contribution in [1.82, 2.24) is 5.32 Å². The third-order valence-corrected chi connectivity index (χ3v) is 3.21. The Morgan fingerprint density at radius 3 is 1.71 bits per heavy atom. The number of benzene rings is 2. The van der Waals surface area contributed by atoms with Gasteiger partial charge in [0.15, 0.2) is 0 Å². The van der Waals surface area contributed by atoms with Crippen molar-refractivity contribution >= 4 is 11.9 Å². The van der Waals surface area contributed by atoms with Gasteiger partial charge in [-0.15, -0.1) is 0 Å². The Bertz CT molecular complexity index is 619. The molecule has 6 nitrogen and oxygen atoms in total. The standard InChI is InChI=1S/C18H19NO5/c1-19-13-12-18(22,23-16(20)14-8-4-2-5-9-14)24-17(21)15-10-6-3-7-11-15/h2-11,19,22H,12-13H2,1H3. The lowest BCUT2D eigenvalue weighted by Gasteiger charge is -2.27. The molecule has 6 heteroatoms. The van der Waals surface area contributed by atoms with E-state index < -0.39 is 17.9 Å². The van der Waals surface area contributed by atoms with Crippen molar-refractivity contribution in [2.24, 2.45) is 0 Å². The molecule has 0 bridgehead atoms. The Kier molecular flexibility index (Phi) is 6.06. The van der Waals surface area contributed by atoms with Crippen LogP contribution in [0.3, 0.4) is 0 Å². The van der Waals surface area contributed by atoms with Crippen molar-refractivity contribution in [2.75, 3.05) is 13.6 Å². The van der Waals surface area contributed by atoms with Gasteiger partial charge in [-0.25, -0.2) is 9.59 Å². The molecule has 0 fully saturated rings. The lowest BCUT2D eigenvalue weighted by Crippen LogP contribution is -2.42. The van der Waals surface area contributed by atoms with Crippen LogP contribution in [0.2, 0.25) is 0 Å². The number of hydrogen-bond donors (Lipinski definition) is 2. The summed E-state index contributed by atoms with van der Waals surface area (Å²) in [7, 11) is 1.67. The largest absolute Gasteiger partial charge is 0.394 e. The molecule has 0 aliphatic carbocycles. The zero-order chi connectivity index (χ0) is 17.4. The van der Waals surface area contributed by atoms with E-state index >= 15 is 0 Å². The van der Waals surface area contributed by atoms with Gasteiger partial charge in [-0.05, 0) is 31.3 Å². The number of hydrogen-bond acceptors (Lipinski definition) is 6. The zero-order valence-corrected chi connectivity index (χ0v) is 13.3. The van der Waals surface area contributed by atoms with Gasteiger partial charge >= 0.3 is 17.9 Å². The molecule has 0 saturated heterocycles. The van der Waals surface area contributed by atoms with E-state index in [1.54, 1.807) is 67.7 Å². The molecule has 0 aliphatic rings. The van der Waals surface area contributed by atoms with Crippen LogP contribution in [0.1, 0.15) is 27.1 Å². The van der Waals surface area contributed by atoms with Crippen LogP contribution >= 0.6 is 0 Å². The third kappa shape index (κ3) is 4.91. The van der Waals surface area contributed by atoms with Crippen molar-refractivity contribution in [2.45, 2.75) is 12.4 Å². The lowest BCUT2D eigenvalue weighted by molar-refractivity contribution is -0.306. The van der Waals surface area contributed by atoms with E-state index in [4.69, 9.17) is 9.47 Å². The van der Waals surface area contributed by atoms with Crippen LogP contribution in [0.5, 0.6) is 0 Å². The summed E-state index contributed by atoms with van der Waals surface area (Å²) in [5.74, 6) is -3.92. The number of carbonyl (C=O) groups is 2. The van der Waals surface area contributed by atoms with Crippen LogP contribution in [-0.4, -0.2) is 36.6 Å². The normalized spacial score (nSPS) is 10.9. The van der Waals surface area contributed by atoms with Gasteiger partial charge < -0.3 is 19.9 Å². The summed E-state index contributed by atoms with van der Waals surface area (Å²) in [5.41, 5.74) is 0.493. The highest BCUT2D eigenvalue weighted by atomic mass is 16.8. The average molecular weight is 329 g/mol. The predicted octanol–water partition coefficient (Wildman–Crippen LogP) is 1.96. The van der Waals surface area contributed by atoms with Crippen LogP contribution in [-0.2, 0) is 9.47 Å². The van der Waals surface area contributed by atoms with Gasteiger partial charge in [0.1, 0.15) is 0 Å². The first-order chi connectivity index (χ1) is 11.5. The molecule has 24 heavy (non-hydrogen) atoms. The number of rotatable bonds is 7.